The van der Waals surface area contributed by atoms with Crippen molar-refractivity contribution >= 4 is 11.7 Å². The quantitative estimate of drug-likeness (QED) is 0.885. The van der Waals surface area contributed by atoms with Gasteiger partial charge in [-0.2, -0.15) is 0 Å². The van der Waals surface area contributed by atoms with Crippen molar-refractivity contribution in [1.82, 2.24) is 24.8 Å². The Morgan fingerprint density at radius 1 is 1.24 bits per heavy atom. The Kier molecular flexibility index (Phi) is 5.33. The number of imidazole rings is 1. The van der Waals surface area contributed by atoms with Crippen LogP contribution in [0.4, 0.5) is 5.82 Å². The van der Waals surface area contributed by atoms with E-state index in [-0.39, 0.29) is 11.9 Å². The fourth-order valence-corrected chi connectivity index (χ4v) is 3.12. The number of likely N-dealkylation sites (N-methyl/N-ethyl adjacent to an activating group) is 1. The van der Waals surface area contributed by atoms with Crippen LogP contribution in [0.5, 0.6) is 0 Å². The van der Waals surface area contributed by atoms with E-state index in [4.69, 9.17) is 0 Å². The van der Waals surface area contributed by atoms with Crippen molar-refractivity contribution in [2.45, 2.75) is 26.4 Å². The number of rotatable bonds is 5. The van der Waals surface area contributed by atoms with Crippen molar-refractivity contribution in [2.75, 3.05) is 38.1 Å². The van der Waals surface area contributed by atoms with Gasteiger partial charge in [-0.3, -0.25) is 4.79 Å². The summed E-state index contributed by atoms with van der Waals surface area (Å²) in [6.07, 6.45) is 5.36. The summed E-state index contributed by atoms with van der Waals surface area (Å²) in [5.41, 5.74) is 1.05. The molecule has 134 valence electrons. The van der Waals surface area contributed by atoms with Crippen LogP contribution in [-0.4, -0.2) is 58.6 Å². The lowest BCUT2D eigenvalue weighted by atomic mass is 10.2. The summed E-state index contributed by atoms with van der Waals surface area (Å²) < 4.78 is 1.87. The first kappa shape index (κ1) is 17.4. The van der Waals surface area contributed by atoms with E-state index >= 15 is 0 Å². The summed E-state index contributed by atoms with van der Waals surface area (Å²) in [6, 6.07) is 3.67. The van der Waals surface area contributed by atoms with Crippen molar-refractivity contribution in [1.29, 1.82) is 0 Å². The number of hydrogen-bond acceptors (Lipinski definition) is 5. The standard InChI is InChI=1S/C18H26N6O/c1-14(24-8-7-19-15(24)2)18(25)21-13-16-5-4-6-20-17(16)23-11-9-22(3)10-12-23/h4-8,14H,9-13H2,1-3H3,(H,21,25). The lowest BCUT2D eigenvalue weighted by Crippen LogP contribution is -2.45. The van der Waals surface area contributed by atoms with Gasteiger partial charge in [-0.15, -0.1) is 0 Å². The average Bonchev–Trinajstić information content (AvgIpc) is 3.06. The molecule has 0 saturated carbocycles. The van der Waals surface area contributed by atoms with Gasteiger partial charge < -0.3 is 19.7 Å². The predicted octanol–water partition coefficient (Wildman–Crippen LogP) is 1.22. The van der Waals surface area contributed by atoms with Crippen LogP contribution in [0.3, 0.4) is 0 Å². The molecule has 25 heavy (non-hydrogen) atoms. The molecule has 0 spiro atoms. The Hall–Kier alpha value is -2.41. The summed E-state index contributed by atoms with van der Waals surface area (Å²) in [4.78, 5) is 25.8. The van der Waals surface area contributed by atoms with Crippen molar-refractivity contribution in [3.63, 3.8) is 0 Å². The molecule has 7 heteroatoms. The molecule has 3 rings (SSSR count). The normalized spacial score (nSPS) is 16.7. The van der Waals surface area contributed by atoms with Crippen molar-refractivity contribution in [3.05, 3.63) is 42.1 Å². The molecule has 1 N–H and O–H groups in total. The number of aromatic nitrogens is 3. The number of carbonyl (C=O) groups is 1. The summed E-state index contributed by atoms with van der Waals surface area (Å²) in [5, 5.41) is 3.04. The smallest absolute Gasteiger partial charge is 0.243 e. The van der Waals surface area contributed by atoms with Crippen LogP contribution < -0.4 is 10.2 Å². The molecule has 1 amide bonds. The highest BCUT2D eigenvalue weighted by Crippen LogP contribution is 2.19. The van der Waals surface area contributed by atoms with E-state index in [0.29, 0.717) is 6.54 Å². The van der Waals surface area contributed by atoms with Crippen LogP contribution in [0.2, 0.25) is 0 Å². The topological polar surface area (TPSA) is 66.3 Å². The van der Waals surface area contributed by atoms with E-state index in [9.17, 15) is 4.79 Å². The van der Waals surface area contributed by atoms with Crippen molar-refractivity contribution in [3.8, 4) is 0 Å². The van der Waals surface area contributed by atoms with Crippen LogP contribution in [0.1, 0.15) is 24.4 Å². The first-order valence-corrected chi connectivity index (χ1v) is 8.71. The number of aryl methyl sites for hydroxylation is 1. The van der Waals surface area contributed by atoms with E-state index in [1.807, 2.05) is 42.9 Å². The predicted molar refractivity (Wildman–Crippen MR) is 97.5 cm³/mol. The molecule has 2 aromatic rings. The zero-order chi connectivity index (χ0) is 17.8. The molecule has 3 heterocycles. The van der Waals surface area contributed by atoms with Crippen LogP contribution in [0.15, 0.2) is 30.7 Å². The third-order valence-corrected chi connectivity index (χ3v) is 4.78. The number of pyridine rings is 1. The minimum Gasteiger partial charge on any atom is -0.354 e. The molecule has 1 aliphatic rings. The highest BCUT2D eigenvalue weighted by Gasteiger charge is 2.20. The number of piperazine rings is 1. The molecule has 0 bridgehead atoms. The Morgan fingerprint density at radius 2 is 2.00 bits per heavy atom. The van der Waals surface area contributed by atoms with Gasteiger partial charge in [0.1, 0.15) is 17.7 Å². The Labute approximate surface area is 148 Å². The molecule has 1 fully saturated rings. The minimum absolute atomic E-state index is 0.0192. The van der Waals surface area contributed by atoms with Crippen LogP contribution in [0.25, 0.3) is 0 Å². The number of amides is 1. The van der Waals surface area contributed by atoms with Gasteiger partial charge in [-0.05, 0) is 27.0 Å². The van der Waals surface area contributed by atoms with E-state index in [0.717, 1.165) is 43.4 Å². The summed E-state index contributed by atoms with van der Waals surface area (Å²) >= 11 is 0. The maximum absolute atomic E-state index is 12.5. The summed E-state index contributed by atoms with van der Waals surface area (Å²) in [7, 11) is 2.14. The van der Waals surface area contributed by atoms with E-state index in [2.05, 4.69) is 32.1 Å². The molecule has 7 nitrogen and oxygen atoms in total. The van der Waals surface area contributed by atoms with Gasteiger partial charge in [-0.1, -0.05) is 6.07 Å². The second-order valence-electron chi connectivity index (χ2n) is 6.55. The Morgan fingerprint density at radius 3 is 2.68 bits per heavy atom. The van der Waals surface area contributed by atoms with Gasteiger partial charge in [-0.25, -0.2) is 9.97 Å². The van der Waals surface area contributed by atoms with Crippen LogP contribution >= 0.6 is 0 Å². The van der Waals surface area contributed by atoms with Gasteiger partial charge in [0.2, 0.25) is 5.91 Å². The van der Waals surface area contributed by atoms with Gasteiger partial charge in [0, 0.05) is 56.9 Å². The van der Waals surface area contributed by atoms with Gasteiger partial charge in [0.25, 0.3) is 0 Å². The van der Waals surface area contributed by atoms with E-state index in [1.165, 1.54) is 0 Å². The number of nitrogens with zero attached hydrogens (tertiary/aromatic N) is 5. The van der Waals surface area contributed by atoms with Crippen LogP contribution in [-0.2, 0) is 11.3 Å². The lowest BCUT2D eigenvalue weighted by Gasteiger charge is -2.34. The average molecular weight is 342 g/mol. The van der Waals surface area contributed by atoms with Crippen molar-refractivity contribution < 1.29 is 4.79 Å². The third-order valence-electron chi connectivity index (χ3n) is 4.78. The number of hydrogen-bond donors (Lipinski definition) is 1. The highest BCUT2D eigenvalue weighted by molar-refractivity contribution is 5.80. The summed E-state index contributed by atoms with van der Waals surface area (Å²) in [6.45, 7) is 8.23. The van der Waals surface area contributed by atoms with Gasteiger partial charge >= 0.3 is 0 Å². The van der Waals surface area contributed by atoms with E-state index in [1.54, 1.807) is 6.20 Å². The second kappa shape index (κ2) is 7.65. The SMILES string of the molecule is Cc1nccn1C(C)C(=O)NCc1cccnc1N1CCN(C)CC1. The minimum atomic E-state index is -0.286. The Bertz CT molecular complexity index is 720. The molecule has 0 aliphatic carbocycles. The summed E-state index contributed by atoms with van der Waals surface area (Å²) in [5.74, 6) is 1.79. The zero-order valence-corrected chi connectivity index (χ0v) is 15.1. The molecule has 0 radical (unpaired) electrons. The first-order valence-electron chi connectivity index (χ1n) is 8.71. The fraction of sp³-hybridized carbons (Fsp3) is 0.500. The van der Waals surface area contributed by atoms with E-state index < -0.39 is 0 Å². The fourth-order valence-electron chi connectivity index (χ4n) is 3.12. The maximum Gasteiger partial charge on any atom is 0.243 e. The maximum atomic E-state index is 12.5. The molecule has 1 atom stereocenters. The molecule has 1 unspecified atom stereocenters. The molecule has 1 aliphatic heterocycles. The monoisotopic (exact) mass is 342 g/mol. The Balaban J connectivity index is 1.65. The molecule has 2 aromatic heterocycles. The highest BCUT2D eigenvalue weighted by atomic mass is 16.2. The number of nitrogens with one attached hydrogen (secondary N) is 1. The lowest BCUT2D eigenvalue weighted by molar-refractivity contribution is -0.124. The molecular weight excluding hydrogens is 316 g/mol. The van der Waals surface area contributed by atoms with Crippen LogP contribution in [0, 0.1) is 6.92 Å². The van der Waals surface area contributed by atoms with Crippen molar-refractivity contribution in [2.24, 2.45) is 0 Å². The molecule has 0 aromatic carbocycles. The molecular formula is C18H26N6O. The zero-order valence-electron chi connectivity index (χ0n) is 15.1. The number of carbonyl (C=O) groups excluding carboxylic acids is 1. The third kappa shape index (κ3) is 3.99. The second-order valence-corrected chi connectivity index (χ2v) is 6.55. The van der Waals surface area contributed by atoms with Gasteiger partial charge in [0.15, 0.2) is 0 Å². The number of anilines is 1. The molecule has 1 saturated heterocycles. The van der Waals surface area contributed by atoms with Gasteiger partial charge in [0.05, 0.1) is 0 Å². The largest absolute Gasteiger partial charge is 0.354 e. The first-order chi connectivity index (χ1) is 12.1.